The molecule has 7 unspecified atom stereocenters. The molecule has 55 heavy (non-hydrogen) atoms. The van der Waals surface area contributed by atoms with Crippen LogP contribution in [0.2, 0.25) is 0 Å². The van der Waals surface area contributed by atoms with E-state index in [4.69, 9.17) is 23.8 Å². The van der Waals surface area contributed by atoms with E-state index in [1.54, 1.807) is 20.8 Å². The number of aliphatic hydroxyl groups is 1. The number of fused-ring (bicyclic) bond motifs is 4. The van der Waals surface area contributed by atoms with E-state index in [0.717, 1.165) is 20.3 Å². The fourth-order valence-corrected chi connectivity index (χ4v) is 8.47. The predicted molar refractivity (Wildman–Crippen MR) is 205 cm³/mol. The van der Waals surface area contributed by atoms with Gasteiger partial charge in [0.2, 0.25) is 17.6 Å². The highest BCUT2D eigenvalue weighted by molar-refractivity contribution is 14.1. The minimum absolute atomic E-state index is 0.0184. The first-order chi connectivity index (χ1) is 26.3. The predicted octanol–water partition coefficient (Wildman–Crippen LogP) is 3.88. The number of benzene rings is 3. The molecule has 4 fully saturated rings. The Bertz CT molecular complexity index is 1830. The molecule has 3 aliphatic heterocycles. The zero-order chi connectivity index (χ0) is 39.0. The molecule has 0 spiro atoms. The number of hydrogen-bond acceptors (Lipinski definition) is 11. The summed E-state index contributed by atoms with van der Waals surface area (Å²) in [6.45, 7) is 5.06. The average Bonchev–Trinajstić information content (AvgIpc) is 3.74. The minimum Gasteiger partial charge on any atom is -0.460 e. The van der Waals surface area contributed by atoms with E-state index < -0.39 is 77.1 Å². The number of nitrogens with zero attached hydrogens (tertiary/aromatic N) is 1. The quantitative estimate of drug-likeness (QED) is 0.169. The van der Waals surface area contributed by atoms with Crippen LogP contribution < -0.4 is 10.6 Å². The van der Waals surface area contributed by atoms with Gasteiger partial charge in [0.1, 0.15) is 35.4 Å². The Morgan fingerprint density at radius 1 is 0.945 bits per heavy atom. The summed E-state index contributed by atoms with van der Waals surface area (Å²) in [4.78, 5) is 60.6. The standard InChI is InChI=1S/C41H46IN3O10/c1-39(2,3)52-32(48)19-18-29(24-46)44-31(47)20-21-43-38(50)40-22-30-33-34(54-41(53-33,26-10-6-4-7-11-26)27-12-8-5-9-13-27)36(40)55-45(35(40)37(49)51-30)23-25-14-16-28(42)17-15-25/h4-17,29-30,33-36,46H,18-24H2,1-3H3,(H,43,50)(H,44,47). The van der Waals surface area contributed by atoms with E-state index in [0.29, 0.717) is 0 Å². The van der Waals surface area contributed by atoms with Crippen molar-refractivity contribution in [2.75, 3.05) is 13.2 Å². The van der Waals surface area contributed by atoms with Crippen LogP contribution in [0.25, 0.3) is 0 Å². The van der Waals surface area contributed by atoms with Crippen LogP contribution in [-0.4, -0.2) is 89.2 Å². The third-order valence-corrected chi connectivity index (χ3v) is 11.2. The Hall–Kier alpha value is -3.93. The molecule has 3 saturated heterocycles. The number of esters is 2. The summed E-state index contributed by atoms with van der Waals surface area (Å²) in [6, 6.07) is 25.1. The summed E-state index contributed by atoms with van der Waals surface area (Å²) in [7, 11) is 0. The van der Waals surface area contributed by atoms with Gasteiger partial charge in [0.15, 0.2) is 6.04 Å². The van der Waals surface area contributed by atoms with Crippen LogP contribution in [0, 0.1) is 8.99 Å². The minimum atomic E-state index is -1.45. The molecule has 0 aromatic heterocycles. The number of hydrogen-bond donors (Lipinski definition) is 3. The number of hydroxylamine groups is 2. The molecule has 7 atom stereocenters. The Balaban J connectivity index is 1.13. The van der Waals surface area contributed by atoms with Gasteiger partial charge >= 0.3 is 11.9 Å². The molecule has 7 rings (SSSR count). The van der Waals surface area contributed by atoms with Crippen molar-refractivity contribution in [1.82, 2.24) is 15.7 Å². The van der Waals surface area contributed by atoms with Gasteiger partial charge in [0, 0.05) is 40.5 Å². The average molecular weight is 868 g/mol. The Kier molecular flexibility index (Phi) is 11.4. The van der Waals surface area contributed by atoms with E-state index in [9.17, 15) is 24.3 Å². The van der Waals surface area contributed by atoms with Crippen LogP contribution >= 0.6 is 22.6 Å². The van der Waals surface area contributed by atoms with Crippen LogP contribution in [0.1, 0.15) is 63.1 Å². The first kappa shape index (κ1) is 39.3. The summed E-state index contributed by atoms with van der Waals surface area (Å²) < 4.78 is 26.4. The highest BCUT2D eigenvalue weighted by atomic mass is 127. The highest BCUT2D eigenvalue weighted by Gasteiger charge is 2.76. The van der Waals surface area contributed by atoms with Gasteiger partial charge in [-0.1, -0.05) is 72.8 Å². The van der Waals surface area contributed by atoms with Crippen molar-refractivity contribution in [1.29, 1.82) is 0 Å². The van der Waals surface area contributed by atoms with Crippen molar-refractivity contribution in [3.05, 3.63) is 105 Å². The van der Waals surface area contributed by atoms with Gasteiger partial charge in [-0.25, -0.2) is 0 Å². The van der Waals surface area contributed by atoms with Crippen LogP contribution in [0.3, 0.4) is 0 Å². The lowest BCUT2D eigenvalue weighted by atomic mass is 9.62. The second kappa shape index (κ2) is 15.9. The van der Waals surface area contributed by atoms with Gasteiger partial charge in [-0.3, -0.25) is 24.0 Å². The van der Waals surface area contributed by atoms with Crippen molar-refractivity contribution in [2.45, 2.75) is 101 Å². The van der Waals surface area contributed by atoms with E-state index in [-0.39, 0.29) is 45.4 Å². The lowest BCUT2D eigenvalue weighted by Gasteiger charge is -2.48. The molecule has 3 aromatic rings. The van der Waals surface area contributed by atoms with Gasteiger partial charge in [-0.05, 0) is 67.5 Å². The molecule has 13 nitrogen and oxygen atoms in total. The van der Waals surface area contributed by atoms with Gasteiger partial charge in [-0.2, -0.15) is 5.06 Å². The zero-order valence-corrected chi connectivity index (χ0v) is 33.1. The van der Waals surface area contributed by atoms with Crippen molar-refractivity contribution < 1.29 is 48.1 Å². The number of rotatable bonds is 13. The summed E-state index contributed by atoms with van der Waals surface area (Å²) in [6.07, 6.45) is -3.18. The van der Waals surface area contributed by atoms with Crippen LogP contribution in [0.4, 0.5) is 0 Å². The molecule has 3 N–H and O–H groups in total. The summed E-state index contributed by atoms with van der Waals surface area (Å²) in [5.41, 5.74) is 0.244. The van der Waals surface area contributed by atoms with Gasteiger partial charge in [0.05, 0.1) is 19.2 Å². The van der Waals surface area contributed by atoms with E-state index in [2.05, 4.69) is 33.2 Å². The van der Waals surface area contributed by atoms with Crippen LogP contribution in [0.15, 0.2) is 84.9 Å². The summed E-state index contributed by atoms with van der Waals surface area (Å²) >= 11 is 2.22. The number of amides is 2. The molecule has 1 aliphatic carbocycles. The highest BCUT2D eigenvalue weighted by Crippen LogP contribution is 2.59. The van der Waals surface area contributed by atoms with Crippen molar-refractivity contribution in [2.24, 2.45) is 5.41 Å². The Labute approximate surface area is 333 Å². The maximum absolute atomic E-state index is 14.7. The topological polar surface area (TPSA) is 162 Å². The molecule has 292 valence electrons. The number of carbonyl (C=O) groups excluding carboxylic acids is 4. The maximum atomic E-state index is 14.7. The van der Waals surface area contributed by atoms with Crippen molar-refractivity contribution >= 4 is 46.3 Å². The van der Waals surface area contributed by atoms with E-state index >= 15 is 0 Å². The Morgan fingerprint density at radius 3 is 2.20 bits per heavy atom. The maximum Gasteiger partial charge on any atom is 0.327 e. The second-order valence-corrected chi connectivity index (χ2v) is 16.7. The molecule has 0 radical (unpaired) electrons. The number of carbonyl (C=O) groups is 4. The lowest BCUT2D eigenvalue weighted by molar-refractivity contribution is -0.213. The number of nitrogens with one attached hydrogen (secondary N) is 2. The van der Waals surface area contributed by atoms with Crippen LogP contribution in [-0.2, 0) is 55.3 Å². The summed E-state index contributed by atoms with van der Waals surface area (Å²) in [5.74, 6) is -3.31. The first-order valence-electron chi connectivity index (χ1n) is 18.6. The number of aliphatic hydroxyl groups excluding tert-OH is 1. The normalized spacial score (nSPS) is 27.1. The largest absolute Gasteiger partial charge is 0.460 e. The molecule has 2 amide bonds. The SMILES string of the molecule is CC(C)(C)OC(=O)CCC(CO)NC(=O)CCNC(=O)C12CC3OC(=O)C1N(Cc1ccc(I)cc1)OC2C1OC(c2ccccc2)(c2ccccc2)OC31. The number of halogens is 1. The molecule has 2 bridgehead atoms. The third-order valence-electron chi connectivity index (χ3n) is 10.5. The molecule has 4 aliphatic rings. The van der Waals surface area contributed by atoms with Gasteiger partial charge in [-0.15, -0.1) is 0 Å². The second-order valence-electron chi connectivity index (χ2n) is 15.4. The number of ether oxygens (including phenoxy) is 4. The van der Waals surface area contributed by atoms with Gasteiger partial charge in [0.25, 0.3) is 0 Å². The molecule has 3 aromatic carbocycles. The summed E-state index contributed by atoms with van der Waals surface area (Å²) in [5, 5.41) is 17.1. The first-order valence-corrected chi connectivity index (χ1v) is 19.7. The lowest BCUT2D eigenvalue weighted by Crippen LogP contribution is -2.69. The smallest absolute Gasteiger partial charge is 0.327 e. The fraction of sp³-hybridized carbons (Fsp3) is 0.463. The van der Waals surface area contributed by atoms with Crippen LogP contribution in [0.5, 0.6) is 0 Å². The molecule has 1 saturated carbocycles. The zero-order valence-electron chi connectivity index (χ0n) is 30.9. The van der Waals surface area contributed by atoms with Gasteiger partial charge < -0.3 is 34.7 Å². The van der Waals surface area contributed by atoms with E-state index in [1.165, 1.54) is 5.06 Å². The molecular weight excluding hydrogens is 821 g/mol. The van der Waals surface area contributed by atoms with Crippen molar-refractivity contribution in [3.8, 4) is 0 Å². The molecule has 3 heterocycles. The monoisotopic (exact) mass is 867 g/mol. The van der Waals surface area contributed by atoms with Crippen molar-refractivity contribution in [3.63, 3.8) is 0 Å². The van der Waals surface area contributed by atoms with E-state index in [1.807, 2.05) is 84.9 Å². The fourth-order valence-electron chi connectivity index (χ4n) is 8.11. The molecule has 14 heteroatoms. The Morgan fingerprint density at radius 2 is 1.58 bits per heavy atom. The third kappa shape index (κ3) is 7.89. The molecular formula is C41H46IN3O10.